The standard InChI is InChI=1S/C21H20O3/c1-14(2)5-4-10-21(3)19-8-6-15(13-22)11-17(19)18-12-16(23)7-9-20(18)24-21/h4-13,23H,1-3H3/b10-4-/t21-/m1/s1. The van der Waals surface area contributed by atoms with E-state index in [2.05, 4.69) is 0 Å². The van der Waals surface area contributed by atoms with Crippen molar-refractivity contribution in [2.75, 3.05) is 0 Å². The lowest BCUT2D eigenvalue weighted by atomic mass is 9.83. The number of carbonyl (C=O) groups excluding carboxylic acids is 1. The number of carbonyl (C=O) groups is 1. The van der Waals surface area contributed by atoms with E-state index in [0.717, 1.165) is 23.0 Å². The van der Waals surface area contributed by atoms with Crippen LogP contribution in [0.5, 0.6) is 11.5 Å². The highest BCUT2D eigenvalue weighted by atomic mass is 16.5. The van der Waals surface area contributed by atoms with E-state index in [0.29, 0.717) is 11.3 Å². The number of fused-ring (bicyclic) bond motifs is 3. The highest BCUT2D eigenvalue weighted by Crippen LogP contribution is 2.47. The van der Waals surface area contributed by atoms with Gasteiger partial charge >= 0.3 is 0 Å². The Labute approximate surface area is 141 Å². The van der Waals surface area contributed by atoms with Gasteiger partial charge in [-0.3, -0.25) is 4.79 Å². The van der Waals surface area contributed by atoms with E-state index >= 15 is 0 Å². The van der Waals surface area contributed by atoms with E-state index in [9.17, 15) is 9.90 Å². The molecule has 1 aliphatic rings. The van der Waals surface area contributed by atoms with Crippen LogP contribution in [0.15, 0.2) is 60.2 Å². The topological polar surface area (TPSA) is 46.5 Å². The average Bonchev–Trinajstić information content (AvgIpc) is 2.55. The minimum Gasteiger partial charge on any atom is -0.508 e. The lowest BCUT2D eigenvalue weighted by Gasteiger charge is -2.35. The van der Waals surface area contributed by atoms with E-state index < -0.39 is 5.60 Å². The zero-order chi connectivity index (χ0) is 17.3. The Bertz CT molecular complexity index is 857. The maximum atomic E-state index is 11.2. The van der Waals surface area contributed by atoms with Crippen molar-refractivity contribution in [2.45, 2.75) is 26.4 Å². The minimum absolute atomic E-state index is 0.170. The van der Waals surface area contributed by atoms with Gasteiger partial charge in [-0.05, 0) is 56.7 Å². The second-order valence-electron chi connectivity index (χ2n) is 6.42. The van der Waals surface area contributed by atoms with Gasteiger partial charge in [0, 0.05) is 16.7 Å². The molecule has 1 heterocycles. The van der Waals surface area contributed by atoms with E-state index in [1.807, 2.05) is 51.1 Å². The Morgan fingerprint density at radius 2 is 1.92 bits per heavy atom. The summed E-state index contributed by atoms with van der Waals surface area (Å²) < 4.78 is 6.24. The summed E-state index contributed by atoms with van der Waals surface area (Å²) in [6.07, 6.45) is 6.85. The Hall–Kier alpha value is -2.81. The fourth-order valence-electron chi connectivity index (χ4n) is 2.94. The van der Waals surface area contributed by atoms with E-state index in [4.69, 9.17) is 4.74 Å². The molecule has 1 atom stereocenters. The third-order valence-corrected chi connectivity index (χ3v) is 4.13. The summed E-state index contributed by atoms with van der Waals surface area (Å²) in [5.74, 6) is 0.858. The van der Waals surface area contributed by atoms with E-state index in [-0.39, 0.29) is 5.75 Å². The summed E-state index contributed by atoms with van der Waals surface area (Å²) in [5.41, 5.74) is 3.81. The Kier molecular flexibility index (Phi) is 4.02. The molecule has 3 rings (SSSR count). The van der Waals surface area contributed by atoms with Crippen LogP contribution in [-0.2, 0) is 5.60 Å². The summed E-state index contributed by atoms with van der Waals surface area (Å²) in [4.78, 5) is 11.2. The van der Waals surface area contributed by atoms with Gasteiger partial charge in [0.05, 0.1) is 0 Å². The summed E-state index contributed by atoms with van der Waals surface area (Å²) in [6, 6.07) is 10.6. The molecule has 1 aliphatic heterocycles. The van der Waals surface area contributed by atoms with Crippen molar-refractivity contribution in [3.8, 4) is 22.6 Å². The van der Waals surface area contributed by atoms with Crippen molar-refractivity contribution < 1.29 is 14.6 Å². The largest absolute Gasteiger partial charge is 0.508 e. The molecule has 1 N–H and O–H groups in total. The number of phenols is 1. The highest BCUT2D eigenvalue weighted by Gasteiger charge is 2.34. The maximum absolute atomic E-state index is 11.2. The number of aromatic hydroxyl groups is 1. The molecule has 122 valence electrons. The van der Waals surface area contributed by atoms with Crippen molar-refractivity contribution in [2.24, 2.45) is 0 Å². The molecule has 0 amide bonds. The number of ether oxygens (including phenoxy) is 1. The highest BCUT2D eigenvalue weighted by molar-refractivity contribution is 5.84. The molecule has 0 aliphatic carbocycles. The predicted molar refractivity (Wildman–Crippen MR) is 95.5 cm³/mol. The Morgan fingerprint density at radius 3 is 2.62 bits per heavy atom. The van der Waals surface area contributed by atoms with Gasteiger partial charge in [0.15, 0.2) is 5.60 Å². The van der Waals surface area contributed by atoms with Crippen LogP contribution in [0.25, 0.3) is 11.1 Å². The van der Waals surface area contributed by atoms with Gasteiger partial charge in [-0.2, -0.15) is 0 Å². The molecule has 2 aromatic rings. The number of hydrogen-bond donors (Lipinski definition) is 1. The van der Waals surface area contributed by atoms with Gasteiger partial charge in [0.2, 0.25) is 0 Å². The van der Waals surface area contributed by atoms with Gasteiger partial charge in [0.1, 0.15) is 17.8 Å². The van der Waals surface area contributed by atoms with Crippen molar-refractivity contribution in [3.05, 3.63) is 71.3 Å². The van der Waals surface area contributed by atoms with Gasteiger partial charge in [-0.25, -0.2) is 0 Å². The first-order valence-electron chi connectivity index (χ1n) is 7.88. The third-order valence-electron chi connectivity index (χ3n) is 4.13. The molecule has 0 unspecified atom stereocenters. The molecule has 0 saturated heterocycles. The first-order chi connectivity index (χ1) is 11.4. The molecule has 3 heteroatoms. The lowest BCUT2D eigenvalue weighted by molar-refractivity contribution is 0.112. The summed E-state index contributed by atoms with van der Waals surface area (Å²) in [6.45, 7) is 6.07. The van der Waals surface area contributed by atoms with Gasteiger partial charge in [-0.15, -0.1) is 0 Å². The van der Waals surface area contributed by atoms with Crippen LogP contribution in [0.4, 0.5) is 0 Å². The SMILES string of the molecule is CC(C)=C/C=C\[C@@]1(C)Oc2ccc(O)cc2-c2cc(C=O)ccc21. The fourth-order valence-corrected chi connectivity index (χ4v) is 2.94. The number of allylic oxidation sites excluding steroid dienone is 3. The number of aldehydes is 1. The zero-order valence-corrected chi connectivity index (χ0v) is 14.0. The molecule has 3 nitrogen and oxygen atoms in total. The van der Waals surface area contributed by atoms with Gasteiger partial charge < -0.3 is 9.84 Å². The molecule has 0 aromatic heterocycles. The van der Waals surface area contributed by atoms with Crippen LogP contribution < -0.4 is 4.74 Å². The number of rotatable bonds is 3. The molecule has 0 radical (unpaired) electrons. The summed E-state index contributed by atoms with van der Waals surface area (Å²) >= 11 is 0. The second kappa shape index (κ2) is 6.00. The molecule has 0 saturated carbocycles. The minimum atomic E-state index is -0.646. The zero-order valence-electron chi connectivity index (χ0n) is 14.0. The lowest BCUT2D eigenvalue weighted by Crippen LogP contribution is -2.30. The van der Waals surface area contributed by atoms with Crippen LogP contribution in [0.2, 0.25) is 0 Å². The van der Waals surface area contributed by atoms with Crippen LogP contribution in [-0.4, -0.2) is 11.4 Å². The Balaban J connectivity index is 2.21. The van der Waals surface area contributed by atoms with Crippen LogP contribution >= 0.6 is 0 Å². The van der Waals surface area contributed by atoms with E-state index in [1.165, 1.54) is 5.57 Å². The van der Waals surface area contributed by atoms with Crippen molar-refractivity contribution in [3.63, 3.8) is 0 Å². The number of hydrogen-bond acceptors (Lipinski definition) is 3. The van der Waals surface area contributed by atoms with Gasteiger partial charge in [0.25, 0.3) is 0 Å². The molecular formula is C21H20O3. The third kappa shape index (κ3) is 2.85. The van der Waals surface area contributed by atoms with Crippen LogP contribution in [0.3, 0.4) is 0 Å². The smallest absolute Gasteiger partial charge is 0.150 e. The number of benzene rings is 2. The Morgan fingerprint density at radius 1 is 1.12 bits per heavy atom. The molecule has 24 heavy (non-hydrogen) atoms. The molecule has 0 spiro atoms. The quantitative estimate of drug-likeness (QED) is 0.639. The molecule has 0 fully saturated rings. The maximum Gasteiger partial charge on any atom is 0.150 e. The average molecular weight is 320 g/mol. The van der Waals surface area contributed by atoms with Crippen molar-refractivity contribution in [1.82, 2.24) is 0 Å². The summed E-state index contributed by atoms with van der Waals surface area (Å²) in [5, 5.41) is 9.83. The second-order valence-corrected chi connectivity index (χ2v) is 6.42. The van der Waals surface area contributed by atoms with Crippen molar-refractivity contribution in [1.29, 1.82) is 0 Å². The van der Waals surface area contributed by atoms with Crippen LogP contribution in [0.1, 0.15) is 36.7 Å². The molecular weight excluding hydrogens is 300 g/mol. The summed E-state index contributed by atoms with van der Waals surface area (Å²) in [7, 11) is 0. The predicted octanol–water partition coefficient (Wildman–Crippen LogP) is 5.00. The monoisotopic (exact) mass is 320 g/mol. The number of phenolic OH excluding ortho intramolecular Hbond substituents is 1. The van der Waals surface area contributed by atoms with Crippen molar-refractivity contribution >= 4 is 6.29 Å². The molecule has 0 bridgehead atoms. The van der Waals surface area contributed by atoms with Gasteiger partial charge in [-0.1, -0.05) is 29.9 Å². The first-order valence-corrected chi connectivity index (χ1v) is 7.88. The van der Waals surface area contributed by atoms with E-state index in [1.54, 1.807) is 24.3 Å². The fraction of sp³-hybridized carbons (Fsp3) is 0.190. The van der Waals surface area contributed by atoms with Crippen LogP contribution in [0, 0.1) is 0 Å². The molecule has 2 aromatic carbocycles. The first kappa shape index (κ1) is 16.1. The normalized spacial score (nSPS) is 18.5.